The molecule has 0 N–H and O–H groups in total. The van der Waals surface area contributed by atoms with Gasteiger partial charge in [0.25, 0.3) is 0 Å². The van der Waals surface area contributed by atoms with Crippen molar-refractivity contribution in [2.75, 3.05) is 0 Å². The van der Waals surface area contributed by atoms with E-state index in [0.717, 1.165) is 0 Å². The van der Waals surface area contributed by atoms with E-state index in [1.54, 1.807) is 7.05 Å². The molecule has 9 heavy (non-hydrogen) atoms. The second-order valence-corrected chi connectivity index (χ2v) is 1.14. The van der Waals surface area contributed by atoms with Gasteiger partial charge in [-0.25, -0.2) is 0 Å². The number of aromatic nitrogens is 3. The zero-order chi connectivity index (χ0) is 5.28. The maximum absolute atomic E-state index is 10.2. The smallest absolute Gasteiger partial charge is 0.00459 e. The molecule has 0 aliphatic heterocycles. The zero-order valence-corrected chi connectivity index (χ0v) is 10.3. The van der Waals surface area contributed by atoms with Crippen molar-refractivity contribution in [3.8, 4) is 0 Å². The van der Waals surface area contributed by atoms with E-state index >= 15 is 0 Å². The number of nitrogens with zero attached hydrogens (tertiary/aromatic N) is 3. The molecule has 1 heterocycles. The van der Waals surface area contributed by atoms with Crippen LogP contribution in [-0.2, 0) is 25.6 Å². The Morgan fingerprint density at radius 3 is 2.44 bits per heavy atom. The van der Waals surface area contributed by atoms with E-state index in [9.17, 15) is 4.79 Å². The third-order valence-corrected chi connectivity index (χ3v) is 0.617. The van der Waals surface area contributed by atoms with Crippen molar-refractivity contribution in [2.24, 2.45) is 7.05 Å². The molecule has 0 aliphatic rings. The summed E-state index contributed by atoms with van der Waals surface area (Å²) in [4.78, 5) is 10.2. The molecule has 0 bridgehead atoms. The van der Waals surface area contributed by atoms with Gasteiger partial charge in [-0.2, -0.15) is 6.33 Å². The summed E-state index contributed by atoms with van der Waals surface area (Å²) in [6, 6.07) is 0. The van der Waals surface area contributed by atoms with Crippen molar-refractivity contribution in [3.05, 3.63) is 16.8 Å². The van der Waals surface area contributed by atoms with Crippen molar-refractivity contribution >= 4 is 0 Å². The molecular weight excluding hydrogens is 383 g/mol. The molecule has 1 aromatic rings. The topological polar surface area (TPSA) is 49.0 Å². The zero-order valence-electron chi connectivity index (χ0n) is 4.70. The first-order valence-electron chi connectivity index (χ1n) is 1.75. The number of hydrogen-bond donors (Lipinski definition) is 0. The Balaban J connectivity index is 0. The van der Waals surface area contributed by atoms with E-state index in [1.807, 2.05) is 0 Å². The molecule has 4 nitrogen and oxygen atoms in total. The molecule has 0 saturated carbocycles. The van der Waals surface area contributed by atoms with Crippen LogP contribution < -0.4 is 10.8 Å². The fraction of sp³-hybridized carbons (Fsp3) is 0.333. The van der Waals surface area contributed by atoms with E-state index in [0.29, 0.717) is 0 Å². The summed E-state index contributed by atoms with van der Waals surface area (Å²) in [5, 5.41) is 6.31. The maximum Gasteiger partial charge on any atom is 0.00459 e. The molecule has 1 rings (SSSR count). The second kappa shape index (κ2) is 5.37. The van der Waals surface area contributed by atoms with Gasteiger partial charge in [-0.1, -0.05) is 7.05 Å². The summed E-state index contributed by atoms with van der Waals surface area (Å²) in [5.74, 6) is 0. The van der Waals surface area contributed by atoms with Crippen molar-refractivity contribution < 1.29 is 49.7 Å². The van der Waals surface area contributed by atoms with E-state index in [4.69, 9.17) is 0 Å². The van der Waals surface area contributed by atoms with E-state index in [-0.39, 0.29) is 55.4 Å². The summed E-state index contributed by atoms with van der Waals surface area (Å²) in [6.45, 7) is 0. The van der Waals surface area contributed by atoms with Gasteiger partial charge in [0.2, 0.25) is 0 Å². The minimum absolute atomic E-state index is 0. The van der Waals surface area contributed by atoms with Crippen LogP contribution >= 0.6 is 0 Å². The Labute approximate surface area is 87.7 Å². The molecule has 6 heteroatoms. The number of hydrogen-bond acceptors (Lipinski definition) is 2. The van der Waals surface area contributed by atoms with Gasteiger partial charge in [-0.15, -0.1) is 0 Å². The van der Waals surface area contributed by atoms with Crippen LogP contribution in [0.1, 0.15) is 0 Å². The molecule has 0 fully saturated rings. The van der Waals surface area contributed by atoms with Crippen molar-refractivity contribution in [1.29, 1.82) is 0 Å². The first-order valence-corrected chi connectivity index (χ1v) is 1.75. The summed E-state index contributed by atoms with van der Waals surface area (Å²) < 4.78 is 1.18. The Kier molecular flexibility index (Phi) is 7.32. The normalized spacial score (nSPS) is 7.22. The van der Waals surface area contributed by atoms with Crippen LogP contribution in [-0.4, -0.2) is 9.67 Å². The Hall–Kier alpha value is 0.576. The number of aryl methyl sites for hydroxylation is 1. The molecule has 0 unspecified atom stereocenters. The van der Waals surface area contributed by atoms with Crippen LogP contribution in [0.3, 0.4) is 0 Å². The first-order chi connectivity index (χ1) is 3.30. The predicted molar refractivity (Wildman–Crippen MR) is 21.6 cm³/mol. The Bertz CT molecular complexity index is 207. The van der Waals surface area contributed by atoms with E-state index in [1.165, 1.54) is 4.57 Å². The van der Waals surface area contributed by atoms with E-state index < -0.39 is 0 Å². The van der Waals surface area contributed by atoms with Crippen molar-refractivity contribution in [1.82, 2.24) is 14.8 Å². The molecular formula is C3H3N3OUV-2. The summed E-state index contributed by atoms with van der Waals surface area (Å²) in [5.41, 5.74) is -0.361. The van der Waals surface area contributed by atoms with Crippen molar-refractivity contribution in [3.63, 3.8) is 0 Å². The van der Waals surface area contributed by atoms with Gasteiger partial charge in [-0.05, 0) is 0 Å². The van der Waals surface area contributed by atoms with Gasteiger partial charge in [0.15, 0.2) is 0 Å². The average Bonchev–Trinajstić information content (AvgIpc) is 1.91. The standard InChI is InChI=1S/C3H4N3O.U.V/c1-6-2-4-5-3(6)7;;/h1H3,(H,5,7);;/q-1;;/p-1. The minimum Gasteiger partial charge on any atom is -0.564 e. The van der Waals surface area contributed by atoms with Crippen molar-refractivity contribution in [2.45, 2.75) is 0 Å². The van der Waals surface area contributed by atoms with Crippen LogP contribution in [0.25, 0.3) is 0 Å². The predicted octanol–water partition coefficient (Wildman–Crippen LogP) is -1.46. The molecule has 1 aromatic heterocycles. The SMILES string of the molecule is Cn1[c-]n[n-]c1=O.[U].[V]. The second-order valence-electron chi connectivity index (χ2n) is 1.14. The maximum atomic E-state index is 10.2. The summed E-state index contributed by atoms with van der Waals surface area (Å²) in [7, 11) is 1.54. The molecule has 0 atom stereocenters. The van der Waals surface area contributed by atoms with Crippen LogP contribution in [0.4, 0.5) is 0 Å². The quantitative estimate of drug-likeness (QED) is 0.513. The molecule has 0 spiro atoms. The Morgan fingerprint density at radius 2 is 2.33 bits per heavy atom. The van der Waals surface area contributed by atoms with Gasteiger partial charge in [-0.3, -0.25) is 0 Å². The summed E-state index contributed by atoms with van der Waals surface area (Å²) in [6.07, 6.45) is 2.31. The van der Waals surface area contributed by atoms with Crippen LogP contribution in [0, 0.1) is 37.4 Å². The van der Waals surface area contributed by atoms with Gasteiger partial charge >= 0.3 is 0 Å². The minimum atomic E-state index is -0.361. The molecule has 0 amide bonds. The van der Waals surface area contributed by atoms with Gasteiger partial charge < -0.3 is 19.6 Å². The molecule has 0 aliphatic carbocycles. The fourth-order valence-corrected chi connectivity index (χ4v) is 0.242. The first kappa shape index (κ1) is 12.3. The van der Waals surface area contributed by atoms with Gasteiger partial charge in [0, 0.05) is 55.4 Å². The monoisotopic (exact) mass is 386 g/mol. The van der Waals surface area contributed by atoms with Crippen LogP contribution in [0.2, 0.25) is 0 Å². The summed E-state index contributed by atoms with van der Waals surface area (Å²) >= 11 is 0. The third kappa shape index (κ3) is 3.32. The van der Waals surface area contributed by atoms with Crippen LogP contribution in [0.15, 0.2) is 4.79 Å². The van der Waals surface area contributed by atoms with Gasteiger partial charge in [0.1, 0.15) is 0 Å². The Morgan fingerprint density at radius 1 is 1.78 bits per heavy atom. The molecule has 0 saturated heterocycles. The molecule has 0 aromatic carbocycles. The van der Waals surface area contributed by atoms with Gasteiger partial charge in [0.05, 0.1) is 0 Å². The molecule has 1 radical (unpaired) electrons. The van der Waals surface area contributed by atoms with Crippen LogP contribution in [0.5, 0.6) is 0 Å². The average molecular weight is 386 g/mol. The fourth-order valence-electron chi connectivity index (χ4n) is 0.242. The largest absolute Gasteiger partial charge is 0.564 e. The number of rotatable bonds is 0. The third-order valence-electron chi connectivity index (χ3n) is 0.617. The molecule has 47 valence electrons. The van der Waals surface area contributed by atoms with E-state index in [2.05, 4.69) is 16.5 Å².